The van der Waals surface area contributed by atoms with Gasteiger partial charge in [0, 0.05) is 59.2 Å². The Morgan fingerprint density at radius 3 is 1.78 bits per heavy atom. The second kappa shape index (κ2) is 17.5. The van der Waals surface area contributed by atoms with Gasteiger partial charge in [0.25, 0.3) is 0 Å². The summed E-state index contributed by atoms with van der Waals surface area (Å²) < 4.78 is 6.07. The van der Waals surface area contributed by atoms with Gasteiger partial charge in [0.2, 0.25) is 0 Å². The van der Waals surface area contributed by atoms with Crippen LogP contribution in [0.1, 0.15) is 16.7 Å². The molecule has 0 bridgehead atoms. The Hall–Kier alpha value is -7.51. The summed E-state index contributed by atoms with van der Waals surface area (Å²) in [6.07, 6.45) is 1.58. The van der Waals surface area contributed by atoms with Gasteiger partial charge in [0.1, 0.15) is 23.3 Å². The van der Waals surface area contributed by atoms with Crippen molar-refractivity contribution < 1.29 is 4.42 Å². The molecule has 7 heteroatoms. The van der Waals surface area contributed by atoms with Gasteiger partial charge in [0.05, 0.1) is 0 Å². The van der Waals surface area contributed by atoms with Gasteiger partial charge in [0.15, 0.2) is 17.5 Å². The largest absolute Gasteiger partial charge is 0.455 e. The number of aryl methyl sites for hydroxylation is 1. The zero-order chi connectivity index (χ0) is 39.7. The highest BCUT2D eigenvalue weighted by molar-refractivity contribution is 6.09. The Bertz CT molecular complexity index is 2770. The molecule has 0 spiro atoms. The highest BCUT2D eigenvalue weighted by Crippen LogP contribution is 2.35. The van der Waals surface area contributed by atoms with Crippen molar-refractivity contribution in [2.75, 3.05) is 14.1 Å². The van der Waals surface area contributed by atoms with Gasteiger partial charge in [-0.15, -0.1) is 0 Å². The van der Waals surface area contributed by atoms with E-state index in [4.69, 9.17) is 19.4 Å². The SMILES string of the molecule is CN=CN=C(c1ccccc1)N(C)Cc1ccccc1-c1nc(-c2ccccc2)nc(-c2ccccc2)n1.Cc1ccc(-c2cccc3c2oc2ccccc23)cc1. The smallest absolute Gasteiger partial charge is 0.164 e. The van der Waals surface area contributed by atoms with Crippen LogP contribution in [0.3, 0.4) is 0 Å². The van der Waals surface area contributed by atoms with E-state index in [0.29, 0.717) is 24.0 Å². The normalized spacial score (nSPS) is 11.5. The maximum absolute atomic E-state index is 6.07. The average Bonchev–Trinajstić information content (AvgIpc) is 3.67. The van der Waals surface area contributed by atoms with Crippen molar-refractivity contribution >= 4 is 34.1 Å². The molecule has 0 aliphatic heterocycles. The first-order chi connectivity index (χ1) is 28.6. The third kappa shape index (κ3) is 8.34. The molecule has 58 heavy (non-hydrogen) atoms. The summed E-state index contributed by atoms with van der Waals surface area (Å²) in [6.45, 7) is 2.71. The van der Waals surface area contributed by atoms with E-state index < -0.39 is 0 Å². The molecule has 0 aliphatic rings. The number of hydrogen-bond donors (Lipinski definition) is 0. The van der Waals surface area contributed by atoms with Crippen LogP contribution in [0.25, 0.3) is 67.2 Å². The molecule has 0 atom stereocenters. The number of aliphatic imine (C=N–C) groups is 2. The van der Waals surface area contributed by atoms with E-state index in [0.717, 1.165) is 50.4 Å². The molecule has 0 amide bonds. The lowest BCUT2D eigenvalue weighted by Gasteiger charge is -2.22. The van der Waals surface area contributed by atoms with Crippen LogP contribution < -0.4 is 0 Å². The van der Waals surface area contributed by atoms with Crippen molar-refractivity contribution in [3.63, 3.8) is 0 Å². The summed E-state index contributed by atoms with van der Waals surface area (Å²) in [5.74, 6) is 2.75. The first-order valence-electron chi connectivity index (χ1n) is 19.2. The van der Waals surface area contributed by atoms with Gasteiger partial charge in [-0.3, -0.25) is 4.99 Å². The molecular weight excluding hydrogens is 713 g/mol. The topological polar surface area (TPSA) is 79.8 Å². The third-order valence-corrected chi connectivity index (χ3v) is 9.82. The lowest BCUT2D eigenvalue weighted by atomic mass is 10.0. The summed E-state index contributed by atoms with van der Waals surface area (Å²) >= 11 is 0. The summed E-state index contributed by atoms with van der Waals surface area (Å²) in [4.78, 5) is 25.5. The van der Waals surface area contributed by atoms with Crippen LogP contribution in [-0.2, 0) is 6.54 Å². The van der Waals surface area contributed by atoms with Crippen LogP contribution in [0.5, 0.6) is 0 Å². The molecule has 282 valence electrons. The number of hydrogen-bond acceptors (Lipinski definition) is 5. The second-order valence-electron chi connectivity index (χ2n) is 13.9. The molecule has 0 aliphatic carbocycles. The van der Waals surface area contributed by atoms with Crippen molar-refractivity contribution in [1.29, 1.82) is 0 Å². The number of amidine groups is 1. The van der Waals surface area contributed by atoms with Crippen molar-refractivity contribution in [2.45, 2.75) is 13.5 Å². The molecule has 0 fully saturated rings. The second-order valence-corrected chi connectivity index (χ2v) is 13.9. The monoisotopic (exact) mass is 754 g/mol. The average molecular weight is 755 g/mol. The molecule has 2 heterocycles. The van der Waals surface area contributed by atoms with Gasteiger partial charge < -0.3 is 9.32 Å². The number of benzene rings is 7. The van der Waals surface area contributed by atoms with E-state index in [2.05, 4.69) is 101 Å². The number of rotatable bonds is 8. The summed E-state index contributed by atoms with van der Waals surface area (Å²) in [5, 5.41) is 2.36. The third-order valence-electron chi connectivity index (χ3n) is 9.82. The standard InChI is InChI=1S/C32H28N6.C19H14O/c1-33-23-34-32(26-18-10-5-11-19-26)38(2)22-27-20-12-13-21-28(27)31-36-29(24-14-6-3-7-15-24)35-30(37-31)25-16-8-4-9-17-25;1-13-9-11-14(12-10-13)15-6-4-7-17-16-5-2-3-8-18(16)20-19(15)17/h3-21,23H,22H2,1-2H3;2-12H,1H3. The van der Waals surface area contributed by atoms with Crippen molar-refractivity contribution in [3.8, 4) is 45.3 Å². The maximum atomic E-state index is 6.07. The summed E-state index contributed by atoms with van der Waals surface area (Å²) in [6, 6.07) is 61.5. The summed E-state index contributed by atoms with van der Waals surface area (Å²) in [7, 11) is 3.75. The molecule has 0 unspecified atom stereocenters. The Morgan fingerprint density at radius 2 is 1.10 bits per heavy atom. The fourth-order valence-corrected chi connectivity index (χ4v) is 6.94. The first kappa shape index (κ1) is 37.4. The number of para-hydroxylation sites is 2. The van der Waals surface area contributed by atoms with Crippen LogP contribution in [-0.4, -0.2) is 46.1 Å². The minimum atomic E-state index is 0.606. The number of fused-ring (bicyclic) bond motifs is 3. The van der Waals surface area contributed by atoms with Crippen LogP contribution in [0.15, 0.2) is 196 Å². The Kier molecular flexibility index (Phi) is 11.3. The zero-order valence-electron chi connectivity index (χ0n) is 32.7. The van der Waals surface area contributed by atoms with Crippen molar-refractivity contribution in [1.82, 2.24) is 19.9 Å². The highest BCUT2D eigenvalue weighted by atomic mass is 16.3. The fraction of sp³-hybridized carbons (Fsp3) is 0.0784. The molecular formula is C51H42N6O. The minimum Gasteiger partial charge on any atom is -0.455 e. The van der Waals surface area contributed by atoms with E-state index >= 15 is 0 Å². The van der Waals surface area contributed by atoms with Crippen molar-refractivity contribution in [3.05, 3.63) is 199 Å². The predicted octanol–water partition coefficient (Wildman–Crippen LogP) is 12.0. The van der Waals surface area contributed by atoms with Gasteiger partial charge in [-0.2, -0.15) is 0 Å². The lowest BCUT2D eigenvalue weighted by Crippen LogP contribution is -2.27. The molecule has 0 saturated heterocycles. The number of aromatic nitrogens is 3. The minimum absolute atomic E-state index is 0.606. The number of furan rings is 1. The summed E-state index contributed by atoms with van der Waals surface area (Å²) in [5.41, 5.74) is 10.5. The molecule has 0 N–H and O–H groups in total. The molecule has 7 nitrogen and oxygen atoms in total. The molecule has 2 aromatic heterocycles. The Balaban J connectivity index is 0.000000195. The Morgan fingerprint density at radius 1 is 0.552 bits per heavy atom. The van der Waals surface area contributed by atoms with Gasteiger partial charge >= 0.3 is 0 Å². The molecule has 0 radical (unpaired) electrons. The predicted molar refractivity (Wildman–Crippen MR) is 239 cm³/mol. The van der Waals surface area contributed by atoms with E-state index in [1.807, 2.05) is 110 Å². The molecule has 0 saturated carbocycles. The van der Waals surface area contributed by atoms with E-state index in [1.165, 1.54) is 21.9 Å². The zero-order valence-corrected chi connectivity index (χ0v) is 32.7. The Labute approximate surface area is 338 Å². The number of nitrogens with zero attached hydrogens (tertiary/aromatic N) is 6. The molecule has 7 aromatic carbocycles. The maximum Gasteiger partial charge on any atom is 0.164 e. The highest BCUT2D eigenvalue weighted by Gasteiger charge is 2.17. The lowest BCUT2D eigenvalue weighted by molar-refractivity contribution is 0.503. The van der Waals surface area contributed by atoms with Crippen LogP contribution in [0.2, 0.25) is 0 Å². The van der Waals surface area contributed by atoms with Crippen LogP contribution in [0.4, 0.5) is 0 Å². The van der Waals surface area contributed by atoms with E-state index in [-0.39, 0.29) is 0 Å². The van der Waals surface area contributed by atoms with Gasteiger partial charge in [-0.05, 0) is 24.1 Å². The van der Waals surface area contributed by atoms with E-state index in [9.17, 15) is 0 Å². The van der Waals surface area contributed by atoms with Gasteiger partial charge in [-0.1, -0.05) is 181 Å². The van der Waals surface area contributed by atoms with Crippen LogP contribution in [0, 0.1) is 6.92 Å². The van der Waals surface area contributed by atoms with Crippen LogP contribution >= 0.6 is 0 Å². The molecule has 9 rings (SSSR count). The fourth-order valence-electron chi connectivity index (χ4n) is 6.94. The van der Waals surface area contributed by atoms with Gasteiger partial charge in [-0.25, -0.2) is 19.9 Å². The molecule has 9 aromatic rings. The van der Waals surface area contributed by atoms with E-state index in [1.54, 1.807) is 13.4 Å². The quantitative estimate of drug-likeness (QED) is 0.114. The van der Waals surface area contributed by atoms with Crippen molar-refractivity contribution in [2.24, 2.45) is 9.98 Å². The first-order valence-corrected chi connectivity index (χ1v) is 19.2.